The molecule has 0 heterocycles. The van der Waals surface area contributed by atoms with Gasteiger partial charge in [-0.25, -0.2) is 4.79 Å². The van der Waals surface area contributed by atoms with Crippen LogP contribution < -0.4 is 15.8 Å². The summed E-state index contributed by atoms with van der Waals surface area (Å²) in [6, 6.07) is 15.7. The molecular formula is C37H42N2O5. The third-order valence-electron chi connectivity index (χ3n) is 9.88. The van der Waals surface area contributed by atoms with Crippen LogP contribution in [-0.4, -0.2) is 30.2 Å². The molecule has 0 aliphatic heterocycles. The van der Waals surface area contributed by atoms with E-state index in [0.29, 0.717) is 35.4 Å². The van der Waals surface area contributed by atoms with Gasteiger partial charge in [0.25, 0.3) is 0 Å². The Morgan fingerprint density at radius 3 is 2.27 bits per heavy atom. The molecule has 3 aliphatic rings. The van der Waals surface area contributed by atoms with Gasteiger partial charge >= 0.3 is 5.97 Å². The number of unbranched alkanes of at least 4 members (excludes halogenated alkanes) is 1. The average molecular weight is 595 g/mol. The summed E-state index contributed by atoms with van der Waals surface area (Å²) in [6.07, 6.45) is 9.52. The van der Waals surface area contributed by atoms with Crippen molar-refractivity contribution in [3.63, 3.8) is 0 Å². The Morgan fingerprint density at radius 2 is 1.57 bits per heavy atom. The zero-order chi connectivity index (χ0) is 30.8. The molecule has 7 nitrogen and oxygen atoms in total. The van der Waals surface area contributed by atoms with E-state index in [9.17, 15) is 14.4 Å². The van der Waals surface area contributed by atoms with Gasteiger partial charge in [-0.05, 0) is 86.6 Å². The van der Waals surface area contributed by atoms with Gasteiger partial charge in [0.05, 0.1) is 34.7 Å². The number of ether oxygens (including phenoxy) is 2. The summed E-state index contributed by atoms with van der Waals surface area (Å²) in [5.74, 6) is 1.59. The van der Waals surface area contributed by atoms with E-state index < -0.39 is 5.97 Å². The number of hydrogen-bond donors (Lipinski definition) is 2. The number of anilines is 3. The number of esters is 1. The maximum Gasteiger partial charge on any atom is 0.340 e. The minimum Gasteiger partial charge on any atom is -0.494 e. The largest absolute Gasteiger partial charge is 0.494 e. The number of nitrogens with two attached hydrogens (primary N) is 1. The van der Waals surface area contributed by atoms with Crippen LogP contribution in [0.15, 0.2) is 54.6 Å². The number of benzene rings is 3. The third kappa shape index (κ3) is 5.84. The molecule has 44 heavy (non-hydrogen) atoms. The van der Waals surface area contributed by atoms with Crippen molar-refractivity contribution in [3.05, 3.63) is 82.4 Å². The lowest BCUT2D eigenvalue weighted by Gasteiger charge is -2.41. The van der Waals surface area contributed by atoms with Crippen LogP contribution in [0.2, 0.25) is 0 Å². The fraction of sp³-hybridized carbons (Fsp3) is 0.432. The number of nitrogens with one attached hydrogen (secondary N) is 1. The van der Waals surface area contributed by atoms with Crippen LogP contribution in [0.4, 0.5) is 17.1 Å². The minimum atomic E-state index is -0.558. The molecule has 4 unspecified atom stereocenters. The minimum absolute atomic E-state index is 0.0137. The molecule has 0 saturated heterocycles. The van der Waals surface area contributed by atoms with E-state index in [1.807, 2.05) is 24.3 Å². The summed E-state index contributed by atoms with van der Waals surface area (Å²) in [5, 5.41) is 3.29. The Morgan fingerprint density at radius 1 is 0.886 bits per heavy atom. The van der Waals surface area contributed by atoms with Crippen LogP contribution in [0.25, 0.3) is 0 Å². The molecule has 2 saturated carbocycles. The van der Waals surface area contributed by atoms with E-state index in [1.165, 1.54) is 25.7 Å². The van der Waals surface area contributed by atoms with Crippen LogP contribution in [0.3, 0.4) is 0 Å². The maximum atomic E-state index is 13.8. The van der Waals surface area contributed by atoms with Crippen LogP contribution >= 0.6 is 0 Å². The highest BCUT2D eigenvalue weighted by atomic mass is 16.5. The van der Waals surface area contributed by atoms with Crippen LogP contribution in [-0.2, 0) is 4.74 Å². The Balaban J connectivity index is 1.30. The lowest BCUT2D eigenvalue weighted by molar-refractivity contribution is -0.00584. The molecule has 3 aliphatic carbocycles. The molecule has 230 valence electrons. The molecule has 0 bridgehead atoms. The predicted molar refractivity (Wildman–Crippen MR) is 172 cm³/mol. The van der Waals surface area contributed by atoms with Crippen molar-refractivity contribution >= 4 is 34.6 Å². The fourth-order valence-electron chi connectivity index (χ4n) is 7.35. The number of hydrogen-bond acceptors (Lipinski definition) is 7. The van der Waals surface area contributed by atoms with Gasteiger partial charge in [0.15, 0.2) is 11.6 Å². The number of nitrogen functional groups attached to an aromatic ring is 1. The molecule has 3 aromatic rings. The second-order valence-corrected chi connectivity index (χ2v) is 12.6. The summed E-state index contributed by atoms with van der Waals surface area (Å²) in [7, 11) is 0. The normalized spacial score (nSPS) is 22.4. The number of rotatable bonds is 9. The van der Waals surface area contributed by atoms with Crippen molar-refractivity contribution in [1.82, 2.24) is 0 Å². The summed E-state index contributed by atoms with van der Waals surface area (Å²) in [5.41, 5.74) is 8.50. The average Bonchev–Trinajstić information content (AvgIpc) is 3.04. The summed E-state index contributed by atoms with van der Waals surface area (Å²) < 4.78 is 11.9. The number of fused-ring (bicyclic) bond motifs is 3. The second-order valence-electron chi connectivity index (χ2n) is 12.6. The zero-order valence-corrected chi connectivity index (χ0v) is 25.7. The summed E-state index contributed by atoms with van der Waals surface area (Å²) in [6.45, 7) is 5.03. The summed E-state index contributed by atoms with van der Waals surface area (Å²) >= 11 is 0. The zero-order valence-electron chi connectivity index (χ0n) is 25.7. The molecule has 0 spiro atoms. The molecule has 4 atom stereocenters. The monoisotopic (exact) mass is 594 g/mol. The van der Waals surface area contributed by atoms with Gasteiger partial charge in [0, 0.05) is 16.8 Å². The molecule has 3 N–H and O–H groups in total. The highest BCUT2D eigenvalue weighted by Gasteiger charge is 2.39. The predicted octanol–water partition coefficient (Wildman–Crippen LogP) is 8.12. The van der Waals surface area contributed by atoms with Crippen LogP contribution in [0.5, 0.6) is 5.75 Å². The van der Waals surface area contributed by atoms with Gasteiger partial charge in [0.2, 0.25) is 0 Å². The first kappa shape index (κ1) is 29.9. The molecule has 0 amide bonds. The van der Waals surface area contributed by atoms with Crippen molar-refractivity contribution in [1.29, 1.82) is 0 Å². The van der Waals surface area contributed by atoms with E-state index in [-0.39, 0.29) is 45.6 Å². The maximum absolute atomic E-state index is 13.8. The molecule has 7 heteroatoms. The highest BCUT2D eigenvalue weighted by Crippen LogP contribution is 2.45. The first-order chi connectivity index (χ1) is 21.4. The molecular weight excluding hydrogens is 552 g/mol. The van der Waals surface area contributed by atoms with Crippen molar-refractivity contribution in [2.45, 2.75) is 77.7 Å². The van der Waals surface area contributed by atoms with Gasteiger partial charge in [-0.2, -0.15) is 0 Å². The van der Waals surface area contributed by atoms with Crippen LogP contribution in [0.1, 0.15) is 114 Å². The Hall–Kier alpha value is -4.13. The first-order valence-corrected chi connectivity index (χ1v) is 16.2. The van der Waals surface area contributed by atoms with Gasteiger partial charge in [-0.15, -0.1) is 0 Å². The Bertz CT molecular complexity index is 1560. The smallest absolute Gasteiger partial charge is 0.340 e. The number of ketones is 2. The van der Waals surface area contributed by atoms with Crippen molar-refractivity contribution in [3.8, 4) is 5.75 Å². The summed E-state index contributed by atoms with van der Waals surface area (Å²) in [4.78, 5) is 41.3. The second kappa shape index (κ2) is 12.8. The molecule has 2 fully saturated rings. The first-order valence-electron chi connectivity index (χ1n) is 16.2. The highest BCUT2D eigenvalue weighted by molar-refractivity contribution is 6.32. The third-order valence-corrected chi connectivity index (χ3v) is 9.88. The topological polar surface area (TPSA) is 108 Å². The van der Waals surface area contributed by atoms with E-state index >= 15 is 0 Å². The SMILES string of the molecule is CCCCOc1ccc(Nc2cc(C(=O)OC3CCC4CC(CC)CCC4C3)c(N)c3c2C(=O)c2ccccc2C3=O)cc1. The van der Waals surface area contributed by atoms with Crippen molar-refractivity contribution < 1.29 is 23.9 Å². The molecule has 6 rings (SSSR count). The van der Waals surface area contributed by atoms with Crippen molar-refractivity contribution in [2.24, 2.45) is 17.8 Å². The number of carbonyl (C=O) groups is 3. The number of carbonyl (C=O) groups excluding carboxylic acids is 3. The Kier molecular flexibility index (Phi) is 8.74. The van der Waals surface area contributed by atoms with E-state index in [4.69, 9.17) is 15.2 Å². The van der Waals surface area contributed by atoms with E-state index in [1.54, 1.807) is 30.3 Å². The van der Waals surface area contributed by atoms with Crippen LogP contribution in [0, 0.1) is 17.8 Å². The standard InChI is InChI=1S/C37H42N2O5/c1-3-5-18-43-26-16-13-25(14-17-26)39-31-21-30(34(38)33-32(31)35(40)28-8-6-7-9-29(28)36(33)41)37(42)44-27-15-12-23-19-22(4-2)10-11-24(23)20-27/h6-9,13-14,16-17,21-24,27,39H,3-5,10-12,15,18-20,38H2,1-2H3. The quantitative estimate of drug-likeness (QED) is 0.114. The molecule has 0 aromatic heterocycles. The molecule has 3 aromatic carbocycles. The van der Waals surface area contributed by atoms with Gasteiger partial charge in [-0.3, -0.25) is 9.59 Å². The van der Waals surface area contributed by atoms with Gasteiger partial charge < -0.3 is 20.5 Å². The van der Waals surface area contributed by atoms with E-state index in [2.05, 4.69) is 19.2 Å². The fourth-order valence-corrected chi connectivity index (χ4v) is 7.35. The Labute approximate surface area is 259 Å². The van der Waals surface area contributed by atoms with E-state index in [0.717, 1.165) is 43.8 Å². The lowest BCUT2D eigenvalue weighted by Crippen LogP contribution is -2.35. The van der Waals surface area contributed by atoms with Crippen molar-refractivity contribution in [2.75, 3.05) is 17.7 Å². The lowest BCUT2D eigenvalue weighted by atomic mass is 9.66. The molecule has 0 radical (unpaired) electrons. The van der Waals surface area contributed by atoms with Gasteiger partial charge in [-0.1, -0.05) is 57.4 Å². The van der Waals surface area contributed by atoms with Gasteiger partial charge in [0.1, 0.15) is 11.9 Å².